The van der Waals surface area contributed by atoms with Gasteiger partial charge in [0, 0.05) is 30.8 Å². The first-order chi connectivity index (χ1) is 13.3. The van der Waals surface area contributed by atoms with Crippen LogP contribution >= 0.6 is 11.6 Å². The van der Waals surface area contributed by atoms with E-state index in [-0.39, 0.29) is 22.2 Å². The van der Waals surface area contributed by atoms with E-state index in [9.17, 15) is 13.2 Å². The lowest BCUT2D eigenvalue weighted by Gasteiger charge is -2.17. The van der Waals surface area contributed by atoms with Gasteiger partial charge < -0.3 is 14.4 Å². The molecular weight excluding hydrogens is 404 g/mol. The van der Waals surface area contributed by atoms with Gasteiger partial charge >= 0.3 is 0 Å². The monoisotopic (exact) mass is 424 g/mol. The van der Waals surface area contributed by atoms with Gasteiger partial charge in [-0.25, -0.2) is 8.42 Å². The average Bonchev–Trinajstić information content (AvgIpc) is 3.11. The number of amides is 1. The van der Waals surface area contributed by atoms with Gasteiger partial charge in [0.25, 0.3) is 10.0 Å². The normalized spacial score (nSPS) is 13.2. The average molecular weight is 425 g/mol. The highest BCUT2D eigenvalue weighted by Gasteiger charge is 2.26. The smallest absolute Gasteiger partial charge is 0.262 e. The van der Waals surface area contributed by atoms with Gasteiger partial charge in [-0.05, 0) is 30.2 Å². The minimum atomic E-state index is -3.88. The number of carbonyl (C=O) groups excluding carboxylic acids is 1. The summed E-state index contributed by atoms with van der Waals surface area (Å²) in [4.78, 5) is 13.8. The SMILES string of the molecule is CCC(=O)N1CCc2cc(S(=O)(=O)Nc3cc(OC)c(Cl)cc3OC)ccc21. The molecule has 0 aromatic heterocycles. The Morgan fingerprint density at radius 1 is 1.18 bits per heavy atom. The number of hydrogen-bond donors (Lipinski definition) is 1. The number of carbonyl (C=O) groups is 1. The molecule has 0 aliphatic carbocycles. The Balaban J connectivity index is 1.94. The molecule has 1 amide bonds. The van der Waals surface area contributed by atoms with Crippen LogP contribution in [0.1, 0.15) is 18.9 Å². The number of sulfonamides is 1. The van der Waals surface area contributed by atoms with E-state index in [0.29, 0.717) is 30.2 Å². The van der Waals surface area contributed by atoms with Gasteiger partial charge in [-0.15, -0.1) is 0 Å². The minimum absolute atomic E-state index is 0.0190. The fourth-order valence-electron chi connectivity index (χ4n) is 3.14. The van der Waals surface area contributed by atoms with Crippen LogP contribution < -0.4 is 19.1 Å². The second kappa shape index (κ2) is 7.89. The maximum Gasteiger partial charge on any atom is 0.262 e. The zero-order valence-electron chi connectivity index (χ0n) is 15.8. The first kappa shape index (κ1) is 20.3. The molecule has 0 saturated carbocycles. The van der Waals surface area contributed by atoms with E-state index in [1.54, 1.807) is 24.0 Å². The lowest BCUT2D eigenvalue weighted by molar-refractivity contribution is -0.118. The number of nitrogens with zero attached hydrogens (tertiary/aromatic N) is 1. The minimum Gasteiger partial charge on any atom is -0.495 e. The summed E-state index contributed by atoms with van der Waals surface area (Å²) in [6.45, 7) is 2.36. The van der Waals surface area contributed by atoms with Crippen molar-refractivity contribution >= 4 is 38.9 Å². The molecule has 7 nitrogen and oxygen atoms in total. The third kappa shape index (κ3) is 3.74. The first-order valence-corrected chi connectivity index (χ1v) is 10.5. The Kier molecular flexibility index (Phi) is 5.71. The molecule has 0 bridgehead atoms. The van der Waals surface area contributed by atoms with Gasteiger partial charge in [-0.1, -0.05) is 18.5 Å². The molecular formula is C19H21ClN2O5S. The molecule has 28 heavy (non-hydrogen) atoms. The second-order valence-electron chi connectivity index (χ2n) is 6.23. The van der Waals surface area contributed by atoms with Gasteiger partial charge in [-0.2, -0.15) is 0 Å². The Hall–Kier alpha value is -2.45. The standard InChI is InChI=1S/C19H21ClN2O5S/c1-4-19(23)22-8-7-12-9-13(5-6-16(12)22)28(24,25)21-15-11-17(26-2)14(20)10-18(15)27-3/h5-6,9-11,21H,4,7-8H2,1-3H3. The molecule has 9 heteroatoms. The van der Waals surface area contributed by atoms with Crippen molar-refractivity contribution < 1.29 is 22.7 Å². The number of ether oxygens (including phenoxy) is 2. The third-order valence-corrected chi connectivity index (χ3v) is 6.24. The van der Waals surface area contributed by atoms with Gasteiger partial charge in [0.15, 0.2) is 0 Å². The van der Waals surface area contributed by atoms with Crippen molar-refractivity contribution in [3.63, 3.8) is 0 Å². The molecule has 0 spiro atoms. The molecule has 0 radical (unpaired) electrons. The van der Waals surface area contributed by atoms with Gasteiger partial charge in [0.05, 0.1) is 29.8 Å². The highest BCUT2D eigenvalue weighted by molar-refractivity contribution is 7.92. The molecule has 2 aromatic carbocycles. The maximum absolute atomic E-state index is 12.9. The van der Waals surface area contributed by atoms with Gasteiger partial charge in [0.1, 0.15) is 11.5 Å². The predicted octanol–water partition coefficient (Wildman–Crippen LogP) is 3.46. The molecule has 150 valence electrons. The number of hydrogen-bond acceptors (Lipinski definition) is 5. The molecule has 0 unspecified atom stereocenters. The number of halogens is 1. The van der Waals surface area contributed by atoms with Crippen LogP contribution in [-0.4, -0.2) is 35.1 Å². The Morgan fingerprint density at radius 2 is 1.89 bits per heavy atom. The van der Waals surface area contributed by atoms with E-state index in [1.165, 1.54) is 32.4 Å². The fraction of sp³-hybridized carbons (Fsp3) is 0.316. The van der Waals surface area contributed by atoms with Crippen molar-refractivity contribution in [1.29, 1.82) is 0 Å². The molecule has 0 fully saturated rings. The first-order valence-electron chi connectivity index (χ1n) is 8.68. The number of nitrogens with one attached hydrogen (secondary N) is 1. The molecule has 1 aliphatic heterocycles. The third-order valence-electron chi connectivity index (χ3n) is 4.58. The summed E-state index contributed by atoms with van der Waals surface area (Å²) in [6.07, 6.45) is 1.02. The second-order valence-corrected chi connectivity index (χ2v) is 8.32. The van der Waals surface area contributed by atoms with Crippen LogP contribution in [0.25, 0.3) is 0 Å². The zero-order chi connectivity index (χ0) is 20.5. The van der Waals surface area contributed by atoms with E-state index < -0.39 is 10.0 Å². The lowest BCUT2D eigenvalue weighted by atomic mass is 10.2. The predicted molar refractivity (Wildman–Crippen MR) is 108 cm³/mol. The van der Waals surface area contributed by atoms with Crippen molar-refractivity contribution in [3.8, 4) is 11.5 Å². The summed E-state index contributed by atoms with van der Waals surface area (Å²) < 4.78 is 38.7. The van der Waals surface area contributed by atoms with E-state index in [2.05, 4.69) is 4.72 Å². The van der Waals surface area contributed by atoms with Crippen LogP contribution in [0.2, 0.25) is 5.02 Å². The molecule has 1 N–H and O–H groups in total. The summed E-state index contributed by atoms with van der Waals surface area (Å²) in [7, 11) is -1.02. The number of methoxy groups -OCH3 is 2. The lowest BCUT2D eigenvalue weighted by Crippen LogP contribution is -2.27. The van der Waals surface area contributed by atoms with E-state index in [4.69, 9.17) is 21.1 Å². The van der Waals surface area contributed by atoms with E-state index in [1.807, 2.05) is 0 Å². The number of fused-ring (bicyclic) bond motifs is 1. The maximum atomic E-state index is 12.9. The Labute approximate surface area is 169 Å². The molecule has 2 aromatic rings. The molecule has 1 heterocycles. The van der Waals surface area contributed by atoms with Crippen molar-refractivity contribution in [2.75, 3.05) is 30.4 Å². The zero-order valence-corrected chi connectivity index (χ0v) is 17.4. The van der Waals surface area contributed by atoms with Crippen LogP contribution in [0.4, 0.5) is 11.4 Å². The number of rotatable bonds is 6. The summed E-state index contributed by atoms with van der Waals surface area (Å²) >= 11 is 6.07. The van der Waals surface area contributed by atoms with Crippen LogP contribution in [0.5, 0.6) is 11.5 Å². The summed E-state index contributed by atoms with van der Waals surface area (Å²) in [5, 5.41) is 0.306. The molecule has 0 saturated heterocycles. The van der Waals surface area contributed by atoms with Crippen molar-refractivity contribution in [3.05, 3.63) is 40.9 Å². The Morgan fingerprint density at radius 3 is 2.54 bits per heavy atom. The summed E-state index contributed by atoms with van der Waals surface area (Å²) in [6, 6.07) is 7.70. The van der Waals surface area contributed by atoms with Gasteiger partial charge in [0.2, 0.25) is 5.91 Å². The summed E-state index contributed by atoms with van der Waals surface area (Å²) in [5.74, 6) is 0.614. The number of benzene rings is 2. The Bertz CT molecular complexity index is 1020. The highest BCUT2D eigenvalue weighted by atomic mass is 35.5. The topological polar surface area (TPSA) is 84.9 Å². The largest absolute Gasteiger partial charge is 0.495 e. The fourth-order valence-corrected chi connectivity index (χ4v) is 4.48. The van der Waals surface area contributed by atoms with Crippen LogP contribution in [0.15, 0.2) is 35.2 Å². The molecule has 3 rings (SSSR count). The van der Waals surface area contributed by atoms with Crippen LogP contribution in [-0.2, 0) is 21.2 Å². The highest BCUT2D eigenvalue weighted by Crippen LogP contribution is 2.37. The van der Waals surface area contributed by atoms with Crippen molar-refractivity contribution in [2.45, 2.75) is 24.7 Å². The molecule has 0 atom stereocenters. The molecule has 1 aliphatic rings. The van der Waals surface area contributed by atoms with Crippen LogP contribution in [0, 0.1) is 0 Å². The van der Waals surface area contributed by atoms with Crippen molar-refractivity contribution in [1.82, 2.24) is 0 Å². The summed E-state index contributed by atoms with van der Waals surface area (Å²) in [5.41, 5.74) is 1.80. The quantitative estimate of drug-likeness (QED) is 0.767. The van der Waals surface area contributed by atoms with E-state index in [0.717, 1.165) is 11.3 Å². The number of anilines is 2. The van der Waals surface area contributed by atoms with Crippen LogP contribution in [0.3, 0.4) is 0 Å². The van der Waals surface area contributed by atoms with Crippen molar-refractivity contribution in [2.24, 2.45) is 0 Å². The van der Waals surface area contributed by atoms with E-state index >= 15 is 0 Å². The van der Waals surface area contributed by atoms with Gasteiger partial charge in [-0.3, -0.25) is 9.52 Å².